The van der Waals surface area contributed by atoms with Crippen LogP contribution in [0.5, 0.6) is 0 Å². The lowest BCUT2D eigenvalue weighted by Gasteiger charge is -2.06. The Morgan fingerprint density at radius 3 is 2.42 bits per heavy atom. The number of hydrogen-bond donors (Lipinski definition) is 2. The van der Waals surface area contributed by atoms with E-state index in [9.17, 15) is 4.79 Å². The second kappa shape index (κ2) is 6.11. The van der Waals surface area contributed by atoms with Gasteiger partial charge in [0.05, 0.1) is 5.56 Å². The molecular weight excluding hydrogens is 238 g/mol. The number of aromatic nitrogens is 1. The van der Waals surface area contributed by atoms with Gasteiger partial charge in [0.1, 0.15) is 0 Å². The Hall–Kier alpha value is -2.20. The van der Waals surface area contributed by atoms with Gasteiger partial charge in [-0.2, -0.15) is 0 Å². The molecule has 0 atom stereocenters. The van der Waals surface area contributed by atoms with Gasteiger partial charge in [-0.15, -0.1) is 0 Å². The molecule has 2 aromatic rings. The Morgan fingerprint density at radius 2 is 1.84 bits per heavy atom. The van der Waals surface area contributed by atoms with Gasteiger partial charge in [0, 0.05) is 25.0 Å². The summed E-state index contributed by atoms with van der Waals surface area (Å²) in [5.74, 6) is -0.115. The van der Waals surface area contributed by atoms with Gasteiger partial charge in [0.2, 0.25) is 0 Å². The maximum Gasteiger partial charge on any atom is 0.253 e. The topological polar surface area (TPSA) is 68.0 Å². The van der Waals surface area contributed by atoms with E-state index >= 15 is 0 Å². The number of carbonyl (C=O) groups is 1. The number of carbonyl (C=O) groups excluding carboxylic acids is 1. The average molecular weight is 255 g/mol. The van der Waals surface area contributed by atoms with E-state index < -0.39 is 0 Å². The molecule has 0 radical (unpaired) electrons. The van der Waals surface area contributed by atoms with Gasteiger partial charge in [-0.3, -0.25) is 9.78 Å². The predicted octanol–water partition coefficient (Wildman–Crippen LogP) is 1.78. The number of aryl methyl sites for hydroxylation is 1. The smallest absolute Gasteiger partial charge is 0.253 e. The first kappa shape index (κ1) is 13.2. The minimum atomic E-state index is -0.115. The molecule has 0 fully saturated rings. The van der Waals surface area contributed by atoms with Crippen LogP contribution in [0.1, 0.15) is 27.2 Å². The first-order valence-electron chi connectivity index (χ1n) is 6.18. The summed E-state index contributed by atoms with van der Waals surface area (Å²) in [5.41, 5.74) is 9.13. The van der Waals surface area contributed by atoms with Gasteiger partial charge >= 0.3 is 0 Å². The molecule has 1 amide bonds. The zero-order valence-corrected chi connectivity index (χ0v) is 10.9. The van der Waals surface area contributed by atoms with Crippen molar-refractivity contribution in [2.24, 2.45) is 5.73 Å². The Kier molecular flexibility index (Phi) is 4.26. The summed E-state index contributed by atoms with van der Waals surface area (Å²) >= 11 is 0. The molecule has 4 heteroatoms. The standard InChI is InChI=1S/C15H17N3O/c1-11-2-7-14(10-17-11)15(19)18-9-13-5-3-12(8-16)4-6-13/h2-7,10H,8-9,16H2,1H3,(H,18,19). The van der Waals surface area contributed by atoms with Crippen molar-refractivity contribution in [3.05, 3.63) is 65.0 Å². The van der Waals surface area contributed by atoms with Crippen molar-refractivity contribution < 1.29 is 4.79 Å². The Balaban J connectivity index is 1.94. The second-order valence-electron chi connectivity index (χ2n) is 4.39. The molecule has 2 rings (SSSR count). The van der Waals surface area contributed by atoms with Crippen molar-refractivity contribution in [3.8, 4) is 0 Å². The van der Waals surface area contributed by atoms with E-state index in [0.29, 0.717) is 18.7 Å². The minimum absolute atomic E-state index is 0.115. The summed E-state index contributed by atoms with van der Waals surface area (Å²) in [5, 5.41) is 2.86. The average Bonchev–Trinajstić information content (AvgIpc) is 2.46. The number of rotatable bonds is 4. The molecule has 3 N–H and O–H groups in total. The highest BCUT2D eigenvalue weighted by Crippen LogP contribution is 2.04. The molecule has 0 unspecified atom stereocenters. The molecule has 1 aromatic heterocycles. The third-order valence-corrected chi connectivity index (χ3v) is 2.89. The number of pyridine rings is 1. The summed E-state index contributed by atoms with van der Waals surface area (Å²) < 4.78 is 0. The molecule has 0 aliphatic heterocycles. The van der Waals surface area contributed by atoms with Gasteiger partial charge in [-0.05, 0) is 30.2 Å². The van der Waals surface area contributed by atoms with Crippen LogP contribution in [0.25, 0.3) is 0 Å². The van der Waals surface area contributed by atoms with Crippen LogP contribution in [-0.2, 0) is 13.1 Å². The van der Waals surface area contributed by atoms with E-state index in [4.69, 9.17) is 5.73 Å². The van der Waals surface area contributed by atoms with E-state index in [2.05, 4.69) is 10.3 Å². The van der Waals surface area contributed by atoms with Crippen LogP contribution >= 0.6 is 0 Å². The molecule has 0 aliphatic carbocycles. The molecule has 98 valence electrons. The fourth-order valence-electron chi connectivity index (χ4n) is 1.68. The third-order valence-electron chi connectivity index (χ3n) is 2.89. The zero-order valence-electron chi connectivity index (χ0n) is 10.9. The van der Waals surface area contributed by atoms with Crippen LogP contribution in [-0.4, -0.2) is 10.9 Å². The fourth-order valence-corrected chi connectivity index (χ4v) is 1.68. The Bertz CT molecular complexity index is 547. The van der Waals surface area contributed by atoms with E-state index in [-0.39, 0.29) is 5.91 Å². The van der Waals surface area contributed by atoms with Crippen LogP contribution in [0, 0.1) is 6.92 Å². The lowest BCUT2D eigenvalue weighted by Crippen LogP contribution is -2.22. The maximum atomic E-state index is 11.9. The normalized spacial score (nSPS) is 10.2. The Labute approximate surface area is 112 Å². The number of benzene rings is 1. The van der Waals surface area contributed by atoms with Crippen LogP contribution in [0.15, 0.2) is 42.6 Å². The van der Waals surface area contributed by atoms with Crippen LogP contribution in [0.2, 0.25) is 0 Å². The lowest BCUT2D eigenvalue weighted by atomic mass is 10.1. The summed E-state index contributed by atoms with van der Waals surface area (Å²) in [6.45, 7) is 2.92. The van der Waals surface area contributed by atoms with Crippen molar-refractivity contribution in [2.45, 2.75) is 20.0 Å². The van der Waals surface area contributed by atoms with Gasteiger partial charge in [0.25, 0.3) is 5.91 Å². The molecule has 0 spiro atoms. The third kappa shape index (κ3) is 3.63. The van der Waals surface area contributed by atoms with Crippen LogP contribution < -0.4 is 11.1 Å². The Morgan fingerprint density at radius 1 is 1.16 bits per heavy atom. The quantitative estimate of drug-likeness (QED) is 0.875. The van der Waals surface area contributed by atoms with Crippen LogP contribution in [0.3, 0.4) is 0 Å². The molecule has 0 saturated carbocycles. The first-order valence-corrected chi connectivity index (χ1v) is 6.18. The number of hydrogen-bond acceptors (Lipinski definition) is 3. The lowest BCUT2D eigenvalue weighted by molar-refractivity contribution is 0.0950. The summed E-state index contributed by atoms with van der Waals surface area (Å²) in [4.78, 5) is 16.0. The van der Waals surface area contributed by atoms with Crippen LogP contribution in [0.4, 0.5) is 0 Å². The van der Waals surface area contributed by atoms with E-state index in [1.165, 1.54) is 0 Å². The number of nitrogens with zero attached hydrogens (tertiary/aromatic N) is 1. The SMILES string of the molecule is Cc1ccc(C(=O)NCc2ccc(CN)cc2)cn1. The van der Waals surface area contributed by atoms with Crippen molar-refractivity contribution in [1.29, 1.82) is 0 Å². The van der Waals surface area contributed by atoms with Gasteiger partial charge in [-0.1, -0.05) is 24.3 Å². The molecule has 0 saturated heterocycles. The number of nitrogens with one attached hydrogen (secondary N) is 1. The highest BCUT2D eigenvalue weighted by Gasteiger charge is 2.05. The van der Waals surface area contributed by atoms with Crippen molar-refractivity contribution in [3.63, 3.8) is 0 Å². The monoisotopic (exact) mass is 255 g/mol. The maximum absolute atomic E-state index is 11.9. The zero-order chi connectivity index (χ0) is 13.7. The number of amides is 1. The largest absolute Gasteiger partial charge is 0.348 e. The van der Waals surface area contributed by atoms with Gasteiger partial charge in [-0.25, -0.2) is 0 Å². The summed E-state index contributed by atoms with van der Waals surface area (Å²) in [7, 11) is 0. The van der Waals surface area contributed by atoms with Crippen molar-refractivity contribution in [1.82, 2.24) is 10.3 Å². The van der Waals surface area contributed by atoms with Crippen molar-refractivity contribution in [2.75, 3.05) is 0 Å². The molecule has 1 heterocycles. The fraction of sp³-hybridized carbons (Fsp3) is 0.200. The highest BCUT2D eigenvalue weighted by molar-refractivity contribution is 5.93. The molecular formula is C15H17N3O. The van der Waals surface area contributed by atoms with Gasteiger partial charge < -0.3 is 11.1 Å². The summed E-state index contributed by atoms with van der Waals surface area (Å²) in [6.07, 6.45) is 1.59. The van der Waals surface area contributed by atoms with E-state index in [1.807, 2.05) is 37.3 Å². The summed E-state index contributed by atoms with van der Waals surface area (Å²) in [6, 6.07) is 11.5. The second-order valence-corrected chi connectivity index (χ2v) is 4.39. The molecule has 1 aromatic carbocycles. The van der Waals surface area contributed by atoms with E-state index in [1.54, 1.807) is 12.3 Å². The molecule has 0 aliphatic rings. The molecule has 4 nitrogen and oxygen atoms in total. The molecule has 19 heavy (non-hydrogen) atoms. The predicted molar refractivity (Wildman–Crippen MR) is 74.5 cm³/mol. The highest BCUT2D eigenvalue weighted by atomic mass is 16.1. The minimum Gasteiger partial charge on any atom is -0.348 e. The number of nitrogens with two attached hydrogens (primary N) is 1. The van der Waals surface area contributed by atoms with Gasteiger partial charge in [0.15, 0.2) is 0 Å². The first-order chi connectivity index (χ1) is 9.19. The van der Waals surface area contributed by atoms with Crippen molar-refractivity contribution >= 4 is 5.91 Å². The molecule has 0 bridgehead atoms. The van der Waals surface area contributed by atoms with E-state index in [0.717, 1.165) is 16.8 Å².